The molecule has 5 rings (SSSR count). The van der Waals surface area contributed by atoms with E-state index in [0.717, 1.165) is 0 Å². The highest BCUT2D eigenvalue weighted by atomic mass is 35.5. The van der Waals surface area contributed by atoms with Crippen LogP contribution in [0.25, 0.3) is 0 Å². The van der Waals surface area contributed by atoms with Crippen LogP contribution in [0.15, 0.2) is 24.3 Å². The summed E-state index contributed by atoms with van der Waals surface area (Å²) in [5.41, 5.74) is 2.78. The number of aromatic hydroxyl groups is 2. The van der Waals surface area contributed by atoms with Crippen molar-refractivity contribution in [2.45, 2.75) is 62.4 Å². The van der Waals surface area contributed by atoms with Gasteiger partial charge in [0.05, 0.1) is 29.4 Å². The summed E-state index contributed by atoms with van der Waals surface area (Å²) in [6, 6.07) is 5.27. The van der Waals surface area contributed by atoms with Gasteiger partial charge in [-0.2, -0.15) is 0 Å². The summed E-state index contributed by atoms with van der Waals surface area (Å²) in [6.07, 6.45) is -4.97. The van der Waals surface area contributed by atoms with E-state index in [1.807, 2.05) is 0 Å². The summed E-state index contributed by atoms with van der Waals surface area (Å²) in [6.45, 7) is 0.580. The Morgan fingerprint density at radius 1 is 1.13 bits per heavy atom. The van der Waals surface area contributed by atoms with Crippen molar-refractivity contribution in [3.05, 3.63) is 57.6 Å². The third kappa shape index (κ3) is 4.20. The van der Waals surface area contributed by atoms with Crippen LogP contribution in [-0.4, -0.2) is 79.6 Å². The first-order valence-corrected chi connectivity index (χ1v) is 11.9. The van der Waals surface area contributed by atoms with E-state index in [9.17, 15) is 39.9 Å². The van der Waals surface area contributed by atoms with E-state index in [1.165, 1.54) is 12.1 Å². The number of fused-ring (bicyclic) bond motifs is 3. The normalized spacial score (nSPS) is 30.1. The largest absolute Gasteiger partial charge is 0.507 e. The highest BCUT2D eigenvalue weighted by Gasteiger charge is 2.49. The van der Waals surface area contributed by atoms with Gasteiger partial charge in [0.25, 0.3) is 0 Å². The van der Waals surface area contributed by atoms with Gasteiger partial charge in [-0.15, -0.1) is 12.4 Å². The van der Waals surface area contributed by atoms with E-state index in [2.05, 4.69) is 0 Å². The standard InChI is InChI=1S/C26H27NO10.ClH/c1-10-21(30)14(27)6-17(36-10)37-15-8-26(35,16(29)9-28)7-13-18(15)25(34)20-19(24(13)33)22(31)11-4-2-3-5-12(11)23(20)32;/h2-5,10,14-15,17,21,28,30,33-35H,6-9,27H2,1H3;1H/t10-,14-,15-,17-,21+,26-;/m0./s1. The van der Waals surface area contributed by atoms with Crippen LogP contribution < -0.4 is 5.73 Å². The van der Waals surface area contributed by atoms with Crippen LogP contribution in [0.3, 0.4) is 0 Å². The summed E-state index contributed by atoms with van der Waals surface area (Å²) >= 11 is 0. The van der Waals surface area contributed by atoms with Crippen molar-refractivity contribution < 1.29 is 49.4 Å². The van der Waals surface area contributed by atoms with Crippen molar-refractivity contribution in [1.29, 1.82) is 0 Å². The number of Topliss-reactive ketones (excluding diaryl/α,β-unsaturated/α-hetero) is 1. The molecule has 1 aliphatic heterocycles. The van der Waals surface area contributed by atoms with E-state index >= 15 is 0 Å². The smallest absolute Gasteiger partial charge is 0.198 e. The fourth-order valence-electron chi connectivity index (χ4n) is 5.51. The van der Waals surface area contributed by atoms with Crippen LogP contribution in [0.4, 0.5) is 0 Å². The quantitative estimate of drug-likeness (QED) is 0.246. The Bertz CT molecular complexity index is 1320. The van der Waals surface area contributed by atoms with Gasteiger partial charge >= 0.3 is 0 Å². The van der Waals surface area contributed by atoms with Gasteiger partial charge < -0.3 is 40.7 Å². The second-order valence-electron chi connectivity index (χ2n) is 9.82. The van der Waals surface area contributed by atoms with Crippen LogP contribution in [0.5, 0.6) is 11.5 Å². The minimum Gasteiger partial charge on any atom is -0.507 e. The number of phenols is 2. The Labute approximate surface area is 223 Å². The number of hydrogen-bond acceptors (Lipinski definition) is 11. The zero-order chi connectivity index (χ0) is 26.8. The third-order valence-electron chi connectivity index (χ3n) is 7.50. The van der Waals surface area contributed by atoms with Crippen molar-refractivity contribution in [3.63, 3.8) is 0 Å². The maximum Gasteiger partial charge on any atom is 0.198 e. The number of nitrogens with two attached hydrogens (primary N) is 1. The van der Waals surface area contributed by atoms with Crippen LogP contribution >= 0.6 is 12.4 Å². The molecule has 2 aromatic carbocycles. The van der Waals surface area contributed by atoms with Gasteiger partial charge in [0, 0.05) is 47.6 Å². The number of rotatable bonds is 4. The molecule has 0 aromatic heterocycles. The number of carbonyl (C=O) groups is 3. The average Bonchev–Trinajstić information content (AvgIpc) is 2.87. The summed E-state index contributed by atoms with van der Waals surface area (Å²) < 4.78 is 11.7. The molecule has 2 aromatic rings. The first-order chi connectivity index (χ1) is 17.5. The molecule has 2 aliphatic carbocycles. The van der Waals surface area contributed by atoms with Crippen LogP contribution in [0.1, 0.15) is 68.8 Å². The Hall–Kier alpha value is -2.90. The lowest BCUT2D eigenvalue weighted by Gasteiger charge is -2.42. The van der Waals surface area contributed by atoms with Gasteiger partial charge in [-0.25, -0.2) is 0 Å². The maximum absolute atomic E-state index is 13.3. The molecule has 6 atom stereocenters. The Morgan fingerprint density at radius 3 is 2.26 bits per heavy atom. The number of aliphatic hydroxyl groups excluding tert-OH is 2. The second kappa shape index (κ2) is 10.0. The molecule has 38 heavy (non-hydrogen) atoms. The molecule has 12 heteroatoms. The number of benzene rings is 2. The fourth-order valence-corrected chi connectivity index (χ4v) is 5.51. The van der Waals surface area contributed by atoms with Crippen molar-refractivity contribution in [1.82, 2.24) is 0 Å². The Kier molecular flexibility index (Phi) is 7.40. The topological polar surface area (TPSA) is 197 Å². The number of halogens is 1. The third-order valence-corrected chi connectivity index (χ3v) is 7.50. The molecule has 0 bridgehead atoms. The van der Waals surface area contributed by atoms with Gasteiger partial charge in [-0.1, -0.05) is 24.3 Å². The molecule has 1 heterocycles. The summed E-state index contributed by atoms with van der Waals surface area (Å²) in [7, 11) is 0. The van der Waals surface area contributed by atoms with Crippen molar-refractivity contribution in [2.75, 3.05) is 6.61 Å². The highest BCUT2D eigenvalue weighted by Crippen LogP contribution is 2.52. The molecule has 11 nitrogen and oxygen atoms in total. The van der Waals surface area contributed by atoms with Crippen LogP contribution in [0, 0.1) is 0 Å². The van der Waals surface area contributed by atoms with E-state index in [4.69, 9.17) is 15.2 Å². The predicted octanol–water partition coefficient (Wildman–Crippen LogP) is 0.414. The lowest BCUT2D eigenvalue weighted by molar-refractivity contribution is -0.247. The lowest BCUT2D eigenvalue weighted by Crippen LogP contribution is -2.53. The van der Waals surface area contributed by atoms with Crippen LogP contribution in [0.2, 0.25) is 0 Å². The molecule has 0 saturated carbocycles. The minimum absolute atomic E-state index is 0. The van der Waals surface area contributed by atoms with E-state index in [1.54, 1.807) is 19.1 Å². The molecule has 0 unspecified atom stereocenters. The molecule has 1 fully saturated rings. The Morgan fingerprint density at radius 2 is 1.71 bits per heavy atom. The van der Waals surface area contributed by atoms with Gasteiger partial charge in [-0.05, 0) is 6.92 Å². The first-order valence-electron chi connectivity index (χ1n) is 11.9. The number of ether oxygens (including phenoxy) is 2. The minimum atomic E-state index is -2.22. The number of hydrogen-bond donors (Lipinski definition) is 6. The van der Waals surface area contributed by atoms with Crippen molar-refractivity contribution >= 4 is 29.8 Å². The zero-order valence-electron chi connectivity index (χ0n) is 20.3. The maximum atomic E-state index is 13.3. The molecule has 204 valence electrons. The zero-order valence-corrected chi connectivity index (χ0v) is 21.1. The monoisotopic (exact) mass is 549 g/mol. The van der Waals surface area contributed by atoms with Gasteiger partial charge in [0.15, 0.2) is 23.6 Å². The second-order valence-corrected chi connectivity index (χ2v) is 9.82. The SMILES string of the molecule is C[C@@H]1O[C@@H](O[C@H]2C[C@](O)(C(=O)CO)Cc3c(O)c4c(c(O)c32)C(=O)c2ccccc2C4=O)C[C@H](N)[C@@H]1O.Cl. The fraction of sp³-hybridized carbons (Fsp3) is 0.423. The molecule has 0 spiro atoms. The number of phenolic OH excluding ortho intramolecular Hbond substituents is 2. The summed E-state index contributed by atoms with van der Waals surface area (Å²) in [5.74, 6) is -3.63. The first kappa shape index (κ1) is 28.1. The molecular formula is C26H28ClNO10. The van der Waals surface area contributed by atoms with Crippen molar-refractivity contribution in [2.24, 2.45) is 5.73 Å². The van der Waals surface area contributed by atoms with E-state index in [0.29, 0.717) is 0 Å². The van der Waals surface area contributed by atoms with Crippen molar-refractivity contribution in [3.8, 4) is 11.5 Å². The van der Waals surface area contributed by atoms with Gasteiger partial charge in [0.2, 0.25) is 0 Å². The highest BCUT2D eigenvalue weighted by molar-refractivity contribution is 6.30. The summed E-state index contributed by atoms with van der Waals surface area (Å²) in [4.78, 5) is 39.2. The van der Waals surface area contributed by atoms with Gasteiger partial charge in [-0.3, -0.25) is 14.4 Å². The molecule has 1 saturated heterocycles. The Balaban J connectivity index is 0.00000336. The van der Waals surface area contributed by atoms with E-state index in [-0.39, 0.29) is 41.1 Å². The number of carbonyl (C=O) groups excluding carboxylic acids is 3. The average molecular weight is 550 g/mol. The predicted molar refractivity (Wildman–Crippen MR) is 132 cm³/mol. The molecule has 3 aliphatic rings. The molecular weight excluding hydrogens is 522 g/mol. The number of ketones is 3. The van der Waals surface area contributed by atoms with E-state index < -0.39 is 95.7 Å². The molecule has 0 amide bonds. The molecule has 7 N–H and O–H groups in total. The van der Waals surface area contributed by atoms with Gasteiger partial charge in [0.1, 0.15) is 23.7 Å². The lowest BCUT2D eigenvalue weighted by atomic mass is 9.72. The molecule has 0 radical (unpaired) electrons. The summed E-state index contributed by atoms with van der Waals surface area (Å²) in [5, 5.41) is 53.4. The number of aliphatic hydroxyl groups is 3. The van der Waals surface area contributed by atoms with Crippen LogP contribution in [-0.2, 0) is 20.7 Å².